The van der Waals surface area contributed by atoms with E-state index < -0.39 is 20.7 Å². The largest absolute Gasteiger partial charge is 0.399 e. The van der Waals surface area contributed by atoms with E-state index in [1.165, 1.54) is 0 Å². The highest BCUT2D eigenvalue weighted by Gasteiger charge is 2.25. The lowest BCUT2D eigenvalue weighted by Gasteiger charge is -2.30. The van der Waals surface area contributed by atoms with E-state index in [2.05, 4.69) is 4.72 Å². The van der Waals surface area contributed by atoms with Gasteiger partial charge in [-0.15, -0.1) is 0 Å². The summed E-state index contributed by atoms with van der Waals surface area (Å²) in [6.07, 6.45) is -0.280. The highest BCUT2D eigenvalue weighted by atomic mass is 35.5. The van der Waals surface area contributed by atoms with E-state index in [0.29, 0.717) is 13.2 Å². The summed E-state index contributed by atoms with van der Waals surface area (Å²) in [5, 5.41) is -0.330. The molecule has 2 rings (SSSR count). The van der Waals surface area contributed by atoms with Gasteiger partial charge in [0.05, 0.1) is 17.7 Å². The Hall–Kier alpha value is -0.930. The molecule has 6 nitrogen and oxygen atoms in total. The van der Waals surface area contributed by atoms with E-state index in [1.807, 2.05) is 11.9 Å². The first-order valence-corrected chi connectivity index (χ1v) is 8.20. The number of likely N-dealkylation sites (N-methyl/N-ethyl adjacent to an activating group) is 1. The van der Waals surface area contributed by atoms with Crippen molar-refractivity contribution in [3.05, 3.63) is 23.0 Å². The molecule has 1 saturated heterocycles. The number of morpholine rings is 1. The second-order valence-electron chi connectivity index (χ2n) is 4.92. The smallest absolute Gasteiger partial charge is 0.243 e. The molecule has 0 spiro atoms. The van der Waals surface area contributed by atoms with Crippen molar-refractivity contribution in [3.63, 3.8) is 0 Å². The molecule has 1 heterocycles. The van der Waals surface area contributed by atoms with Gasteiger partial charge in [0, 0.05) is 25.3 Å². The monoisotopic (exact) mass is 337 g/mol. The van der Waals surface area contributed by atoms with Crippen molar-refractivity contribution < 1.29 is 17.5 Å². The molecular formula is C12H17ClFN3O3S. The van der Waals surface area contributed by atoms with Crippen molar-refractivity contribution in [1.29, 1.82) is 0 Å². The summed E-state index contributed by atoms with van der Waals surface area (Å²) in [6.45, 7) is 1.98. The summed E-state index contributed by atoms with van der Waals surface area (Å²) in [5.74, 6) is -1.01. The zero-order valence-electron chi connectivity index (χ0n) is 11.5. The summed E-state index contributed by atoms with van der Waals surface area (Å²) < 4.78 is 45.9. The summed E-state index contributed by atoms with van der Waals surface area (Å²) >= 11 is 5.61. The number of benzene rings is 1. The number of nitrogen functional groups attached to an aromatic ring is 1. The number of hydrogen-bond donors (Lipinski definition) is 2. The topological polar surface area (TPSA) is 84.7 Å². The van der Waals surface area contributed by atoms with Crippen LogP contribution in [0.15, 0.2) is 17.0 Å². The molecule has 1 fully saturated rings. The first-order chi connectivity index (χ1) is 9.79. The van der Waals surface area contributed by atoms with Gasteiger partial charge < -0.3 is 15.4 Å². The molecule has 1 unspecified atom stereocenters. The quantitative estimate of drug-likeness (QED) is 0.789. The van der Waals surface area contributed by atoms with E-state index in [4.69, 9.17) is 22.1 Å². The molecule has 21 heavy (non-hydrogen) atoms. The van der Waals surface area contributed by atoms with Crippen LogP contribution in [0.25, 0.3) is 0 Å². The minimum Gasteiger partial charge on any atom is -0.399 e. The summed E-state index contributed by atoms with van der Waals surface area (Å²) in [5.41, 5.74) is 5.59. The van der Waals surface area contributed by atoms with Crippen molar-refractivity contribution >= 4 is 27.3 Å². The van der Waals surface area contributed by atoms with Crippen LogP contribution in [-0.2, 0) is 14.8 Å². The fraction of sp³-hybridized carbons (Fsp3) is 0.500. The Bertz CT molecular complexity index is 626. The minimum atomic E-state index is -4.04. The number of rotatable bonds is 4. The predicted octanol–water partition coefficient (Wildman–Crippen LogP) is 0.670. The molecule has 118 valence electrons. The van der Waals surface area contributed by atoms with Gasteiger partial charge in [-0.05, 0) is 19.2 Å². The number of halogens is 2. The van der Waals surface area contributed by atoms with Gasteiger partial charge in [-0.1, -0.05) is 11.6 Å². The molecular weight excluding hydrogens is 321 g/mol. The number of ether oxygens (including phenoxy) is 1. The molecule has 0 radical (unpaired) electrons. The minimum absolute atomic E-state index is 0.0541. The second kappa shape index (κ2) is 6.45. The highest BCUT2D eigenvalue weighted by Crippen LogP contribution is 2.25. The van der Waals surface area contributed by atoms with Crippen LogP contribution in [0.3, 0.4) is 0 Å². The maximum absolute atomic E-state index is 13.9. The Kier molecular flexibility index (Phi) is 5.05. The lowest BCUT2D eigenvalue weighted by atomic mass is 10.3. The van der Waals surface area contributed by atoms with Gasteiger partial charge in [0.25, 0.3) is 0 Å². The Morgan fingerprint density at radius 2 is 2.29 bits per heavy atom. The van der Waals surface area contributed by atoms with Crippen LogP contribution < -0.4 is 10.5 Å². The first kappa shape index (κ1) is 16.4. The van der Waals surface area contributed by atoms with Crippen LogP contribution in [0.2, 0.25) is 5.02 Å². The second-order valence-corrected chi connectivity index (χ2v) is 7.06. The van der Waals surface area contributed by atoms with E-state index in [0.717, 1.165) is 18.7 Å². The zero-order valence-corrected chi connectivity index (χ0v) is 13.0. The third-order valence-corrected chi connectivity index (χ3v) is 4.85. The fourth-order valence-electron chi connectivity index (χ4n) is 2.05. The van der Waals surface area contributed by atoms with E-state index in [9.17, 15) is 12.8 Å². The van der Waals surface area contributed by atoms with E-state index >= 15 is 0 Å². The number of nitrogens with two attached hydrogens (primary N) is 1. The molecule has 1 atom stereocenters. The highest BCUT2D eigenvalue weighted by molar-refractivity contribution is 7.89. The third-order valence-electron chi connectivity index (χ3n) is 3.15. The molecule has 1 aliphatic rings. The molecule has 9 heteroatoms. The van der Waals surface area contributed by atoms with Gasteiger partial charge in [0.15, 0.2) is 5.82 Å². The van der Waals surface area contributed by atoms with Crippen LogP contribution in [0.5, 0.6) is 0 Å². The molecule has 0 amide bonds. The van der Waals surface area contributed by atoms with Crippen LogP contribution >= 0.6 is 11.6 Å². The van der Waals surface area contributed by atoms with Crippen LogP contribution in [0.1, 0.15) is 0 Å². The third kappa shape index (κ3) is 4.04. The number of nitrogens with one attached hydrogen (secondary N) is 1. The van der Waals surface area contributed by atoms with Gasteiger partial charge in [-0.3, -0.25) is 0 Å². The maximum atomic E-state index is 13.9. The molecule has 0 aliphatic carbocycles. The Labute approximate surface area is 128 Å². The molecule has 1 aliphatic heterocycles. The first-order valence-electron chi connectivity index (χ1n) is 6.34. The molecule has 1 aromatic carbocycles. The molecule has 0 bridgehead atoms. The van der Waals surface area contributed by atoms with Crippen LogP contribution in [0, 0.1) is 5.82 Å². The SMILES string of the molecule is CN1CCOC(CNS(=O)(=O)c2cc(N)cc(Cl)c2F)C1. The fourth-order valence-corrected chi connectivity index (χ4v) is 3.53. The van der Waals surface area contributed by atoms with Crippen molar-refractivity contribution in [2.45, 2.75) is 11.0 Å². The average Bonchev–Trinajstić information content (AvgIpc) is 2.41. The van der Waals surface area contributed by atoms with Gasteiger partial charge >= 0.3 is 0 Å². The summed E-state index contributed by atoms with van der Waals surface area (Å²) in [7, 11) is -2.12. The normalized spacial score (nSPS) is 20.6. The Morgan fingerprint density at radius 1 is 1.57 bits per heavy atom. The molecule has 0 aromatic heterocycles. The molecule has 1 aromatic rings. The molecule has 0 saturated carbocycles. The predicted molar refractivity (Wildman–Crippen MR) is 78.2 cm³/mol. The van der Waals surface area contributed by atoms with Crippen molar-refractivity contribution in [2.75, 3.05) is 39.0 Å². The van der Waals surface area contributed by atoms with Gasteiger partial charge in [-0.2, -0.15) is 0 Å². The maximum Gasteiger partial charge on any atom is 0.243 e. The lowest BCUT2D eigenvalue weighted by Crippen LogP contribution is -2.45. The summed E-state index contributed by atoms with van der Waals surface area (Å²) in [4.78, 5) is 1.47. The van der Waals surface area contributed by atoms with Gasteiger partial charge in [-0.25, -0.2) is 17.5 Å². The molecule has 3 N–H and O–H groups in total. The Balaban J connectivity index is 2.12. The number of anilines is 1. The summed E-state index contributed by atoms with van der Waals surface area (Å²) in [6, 6.07) is 2.20. The van der Waals surface area contributed by atoms with Gasteiger partial charge in [0.1, 0.15) is 4.90 Å². The number of nitrogens with zero attached hydrogens (tertiary/aromatic N) is 1. The van der Waals surface area contributed by atoms with Crippen molar-refractivity contribution in [3.8, 4) is 0 Å². The van der Waals surface area contributed by atoms with Crippen molar-refractivity contribution in [2.24, 2.45) is 0 Å². The van der Waals surface area contributed by atoms with Crippen LogP contribution in [-0.4, -0.2) is 52.7 Å². The average molecular weight is 338 g/mol. The number of sulfonamides is 1. The zero-order chi connectivity index (χ0) is 15.6. The van der Waals surface area contributed by atoms with E-state index in [1.54, 1.807) is 0 Å². The number of hydrogen-bond acceptors (Lipinski definition) is 5. The lowest BCUT2D eigenvalue weighted by molar-refractivity contribution is -0.0156. The standard InChI is InChI=1S/C12H17ClFN3O3S/c1-17-2-3-20-9(7-17)6-16-21(18,19)11-5-8(15)4-10(13)12(11)14/h4-5,9,16H,2-3,6-7,15H2,1H3. The van der Waals surface area contributed by atoms with E-state index in [-0.39, 0.29) is 23.4 Å². The van der Waals surface area contributed by atoms with Gasteiger partial charge in [0.2, 0.25) is 10.0 Å². The van der Waals surface area contributed by atoms with Crippen LogP contribution in [0.4, 0.5) is 10.1 Å². The Morgan fingerprint density at radius 3 is 2.95 bits per heavy atom. The van der Waals surface area contributed by atoms with Crippen molar-refractivity contribution in [1.82, 2.24) is 9.62 Å².